The quantitative estimate of drug-likeness (QED) is 0.798. The molecule has 0 saturated carbocycles. The predicted molar refractivity (Wildman–Crippen MR) is 97.0 cm³/mol. The van der Waals surface area contributed by atoms with Crippen LogP contribution in [0.2, 0.25) is 0 Å². The molecule has 0 radical (unpaired) electrons. The fourth-order valence-corrected chi connectivity index (χ4v) is 1.76. The van der Waals surface area contributed by atoms with Gasteiger partial charge in [0.2, 0.25) is 0 Å². The number of rotatable bonds is 4. The van der Waals surface area contributed by atoms with Crippen molar-refractivity contribution in [2.75, 3.05) is 38.0 Å². The van der Waals surface area contributed by atoms with E-state index in [1.54, 1.807) is 0 Å². The first kappa shape index (κ1) is 17.5. The van der Waals surface area contributed by atoms with Gasteiger partial charge < -0.3 is 9.80 Å². The third kappa shape index (κ3) is 5.44. The molecule has 2 aromatic carbocycles. The molecular weight excluding hydrogens is 272 g/mol. The number of carbonyl (C=O) groups excluding carboxylic acids is 1. The SMILES string of the molecule is C=Cc1ccc(N(C)C)cc1.CN(C)c1ccc(C=O)cc1. The topological polar surface area (TPSA) is 23.6 Å². The highest BCUT2D eigenvalue weighted by Crippen LogP contribution is 2.12. The van der Waals surface area contributed by atoms with Gasteiger partial charge in [0, 0.05) is 45.1 Å². The van der Waals surface area contributed by atoms with Gasteiger partial charge in [-0.15, -0.1) is 0 Å². The van der Waals surface area contributed by atoms with E-state index in [2.05, 4.69) is 35.7 Å². The lowest BCUT2D eigenvalue weighted by molar-refractivity contribution is 0.112. The largest absolute Gasteiger partial charge is 0.378 e. The number of aldehydes is 1. The minimum atomic E-state index is 0.718. The molecule has 0 bridgehead atoms. The van der Waals surface area contributed by atoms with Crippen molar-refractivity contribution in [3.8, 4) is 0 Å². The van der Waals surface area contributed by atoms with E-state index in [1.165, 1.54) is 5.69 Å². The van der Waals surface area contributed by atoms with Crippen LogP contribution in [-0.4, -0.2) is 34.5 Å². The summed E-state index contributed by atoms with van der Waals surface area (Å²) in [5, 5.41) is 0. The summed E-state index contributed by atoms with van der Waals surface area (Å²) < 4.78 is 0. The maximum absolute atomic E-state index is 10.3. The number of carbonyl (C=O) groups is 1. The molecule has 0 aliphatic heterocycles. The molecular formula is C19H24N2O. The number of anilines is 2. The van der Waals surface area contributed by atoms with Gasteiger partial charge in [0.1, 0.15) is 6.29 Å². The summed E-state index contributed by atoms with van der Waals surface area (Å²) in [6.45, 7) is 3.69. The third-order valence-corrected chi connectivity index (χ3v) is 3.19. The summed E-state index contributed by atoms with van der Waals surface area (Å²) in [6.07, 6.45) is 2.69. The van der Waals surface area contributed by atoms with E-state index in [9.17, 15) is 4.79 Å². The minimum Gasteiger partial charge on any atom is -0.378 e. The highest BCUT2D eigenvalue weighted by atomic mass is 16.1. The minimum absolute atomic E-state index is 0.718. The first-order valence-corrected chi connectivity index (χ1v) is 7.10. The van der Waals surface area contributed by atoms with Crippen LogP contribution in [0.4, 0.5) is 11.4 Å². The molecule has 0 N–H and O–H groups in total. The van der Waals surface area contributed by atoms with Crippen molar-refractivity contribution in [1.29, 1.82) is 0 Å². The zero-order chi connectivity index (χ0) is 16.5. The first-order chi connectivity index (χ1) is 10.5. The standard InChI is InChI=1S/C10H13N.C9H11NO/c1-4-9-5-7-10(8-6-9)11(2)3;1-10(2)9-5-3-8(7-11)4-6-9/h4-8H,1H2,2-3H3;3-7H,1-2H3. The van der Waals surface area contributed by atoms with Crippen LogP contribution in [0.3, 0.4) is 0 Å². The van der Waals surface area contributed by atoms with Gasteiger partial charge in [-0.2, -0.15) is 0 Å². The van der Waals surface area contributed by atoms with Crippen LogP contribution in [0.5, 0.6) is 0 Å². The van der Waals surface area contributed by atoms with Crippen LogP contribution in [0.25, 0.3) is 6.08 Å². The van der Waals surface area contributed by atoms with Crippen molar-refractivity contribution < 1.29 is 4.79 Å². The van der Waals surface area contributed by atoms with Gasteiger partial charge in [0.15, 0.2) is 0 Å². The predicted octanol–water partition coefficient (Wildman–Crippen LogP) is 3.96. The van der Waals surface area contributed by atoms with Crippen molar-refractivity contribution in [1.82, 2.24) is 0 Å². The second-order valence-corrected chi connectivity index (χ2v) is 5.29. The Bertz CT molecular complexity index is 528. The molecule has 0 atom stereocenters. The van der Waals surface area contributed by atoms with Crippen LogP contribution in [0.1, 0.15) is 15.9 Å². The summed E-state index contributed by atoms with van der Waals surface area (Å²) in [4.78, 5) is 14.3. The fraction of sp³-hybridized carbons (Fsp3) is 0.211. The molecule has 3 heteroatoms. The van der Waals surface area contributed by atoms with E-state index in [4.69, 9.17) is 0 Å². The average molecular weight is 296 g/mol. The molecule has 0 amide bonds. The normalized spacial score (nSPS) is 9.27. The van der Waals surface area contributed by atoms with Gasteiger partial charge in [0.25, 0.3) is 0 Å². The smallest absolute Gasteiger partial charge is 0.150 e. The van der Waals surface area contributed by atoms with E-state index in [-0.39, 0.29) is 0 Å². The second-order valence-electron chi connectivity index (χ2n) is 5.29. The summed E-state index contributed by atoms with van der Waals surface area (Å²) >= 11 is 0. The molecule has 0 unspecified atom stereocenters. The van der Waals surface area contributed by atoms with E-state index < -0.39 is 0 Å². The Labute approximate surface area is 133 Å². The highest BCUT2D eigenvalue weighted by Gasteiger charge is 1.93. The summed E-state index contributed by atoms with van der Waals surface area (Å²) in [5.41, 5.74) is 4.21. The van der Waals surface area contributed by atoms with Crippen LogP contribution < -0.4 is 9.80 Å². The van der Waals surface area contributed by atoms with Gasteiger partial charge in [-0.25, -0.2) is 0 Å². The lowest BCUT2D eigenvalue weighted by Gasteiger charge is -2.11. The Hall–Kier alpha value is -2.55. The molecule has 0 aromatic heterocycles. The average Bonchev–Trinajstić information content (AvgIpc) is 2.55. The van der Waals surface area contributed by atoms with Crippen molar-refractivity contribution >= 4 is 23.7 Å². The highest BCUT2D eigenvalue weighted by molar-refractivity contribution is 5.75. The molecule has 0 heterocycles. The Morgan fingerprint density at radius 1 is 0.727 bits per heavy atom. The lowest BCUT2D eigenvalue weighted by Crippen LogP contribution is -2.08. The zero-order valence-corrected chi connectivity index (χ0v) is 13.8. The Morgan fingerprint density at radius 3 is 1.36 bits per heavy atom. The number of nitrogens with zero attached hydrogens (tertiary/aromatic N) is 2. The van der Waals surface area contributed by atoms with Crippen LogP contribution in [0, 0.1) is 0 Å². The number of hydrogen-bond donors (Lipinski definition) is 0. The van der Waals surface area contributed by atoms with Gasteiger partial charge in [-0.05, 0) is 42.0 Å². The molecule has 116 valence electrons. The summed E-state index contributed by atoms with van der Waals surface area (Å²) in [7, 11) is 8.00. The molecule has 0 aliphatic rings. The zero-order valence-electron chi connectivity index (χ0n) is 13.8. The maximum Gasteiger partial charge on any atom is 0.150 e. The lowest BCUT2D eigenvalue weighted by atomic mass is 10.2. The van der Waals surface area contributed by atoms with E-state index in [0.29, 0.717) is 0 Å². The number of benzene rings is 2. The van der Waals surface area contributed by atoms with Crippen LogP contribution >= 0.6 is 0 Å². The third-order valence-electron chi connectivity index (χ3n) is 3.19. The fourth-order valence-electron chi connectivity index (χ4n) is 1.76. The van der Waals surface area contributed by atoms with Gasteiger partial charge in [-0.3, -0.25) is 4.79 Å². The molecule has 2 rings (SSSR count). The first-order valence-electron chi connectivity index (χ1n) is 7.10. The monoisotopic (exact) mass is 296 g/mol. The molecule has 0 saturated heterocycles. The van der Waals surface area contributed by atoms with Gasteiger partial charge in [-0.1, -0.05) is 24.8 Å². The maximum atomic E-state index is 10.3. The Morgan fingerprint density at radius 2 is 1.09 bits per heavy atom. The van der Waals surface area contributed by atoms with E-state index >= 15 is 0 Å². The number of hydrogen-bond acceptors (Lipinski definition) is 3. The molecule has 0 aliphatic carbocycles. The molecule has 22 heavy (non-hydrogen) atoms. The van der Waals surface area contributed by atoms with Gasteiger partial charge in [0.05, 0.1) is 0 Å². The van der Waals surface area contributed by atoms with Crippen molar-refractivity contribution in [3.63, 3.8) is 0 Å². The van der Waals surface area contributed by atoms with Crippen LogP contribution in [-0.2, 0) is 0 Å². The molecule has 2 aromatic rings. The van der Waals surface area contributed by atoms with Crippen molar-refractivity contribution in [2.45, 2.75) is 0 Å². The Balaban J connectivity index is 0.000000220. The van der Waals surface area contributed by atoms with Crippen molar-refractivity contribution in [3.05, 3.63) is 66.2 Å². The van der Waals surface area contributed by atoms with E-state index in [0.717, 1.165) is 23.1 Å². The summed E-state index contributed by atoms with van der Waals surface area (Å²) in [6, 6.07) is 15.7. The van der Waals surface area contributed by atoms with Crippen LogP contribution in [0.15, 0.2) is 55.1 Å². The van der Waals surface area contributed by atoms with Gasteiger partial charge >= 0.3 is 0 Å². The second kappa shape index (κ2) is 8.67. The molecule has 3 nitrogen and oxygen atoms in total. The summed E-state index contributed by atoms with van der Waals surface area (Å²) in [5.74, 6) is 0. The van der Waals surface area contributed by atoms with Crippen molar-refractivity contribution in [2.24, 2.45) is 0 Å². The molecule has 0 spiro atoms. The Kier molecular flexibility index (Phi) is 6.90. The molecule has 0 fully saturated rings. The van der Waals surface area contributed by atoms with E-state index in [1.807, 2.05) is 63.4 Å².